The van der Waals surface area contributed by atoms with Crippen LogP contribution in [0.4, 0.5) is 0 Å². The van der Waals surface area contributed by atoms with Gasteiger partial charge in [-0.05, 0) is 12.1 Å². The van der Waals surface area contributed by atoms with Crippen LogP contribution in [0.2, 0.25) is 0 Å². The molecule has 12 heavy (non-hydrogen) atoms. The highest BCUT2D eigenvalue weighted by atomic mass is 16.4. The van der Waals surface area contributed by atoms with Crippen LogP contribution in [0.25, 0.3) is 0 Å². The van der Waals surface area contributed by atoms with Crippen molar-refractivity contribution in [2.45, 2.75) is 0 Å². The number of aromatic nitrogens is 1. The van der Waals surface area contributed by atoms with Crippen molar-refractivity contribution in [2.24, 2.45) is 0 Å². The summed E-state index contributed by atoms with van der Waals surface area (Å²) in [6, 6.07) is 2.67. The number of nitrogens with zero attached hydrogens (tertiary/aromatic N) is 1. The van der Waals surface area contributed by atoms with E-state index in [1.165, 1.54) is 18.3 Å². The predicted molar refractivity (Wildman–Crippen MR) is 41.0 cm³/mol. The van der Waals surface area contributed by atoms with Crippen LogP contribution in [0.1, 0.15) is 10.4 Å². The fraction of sp³-hybridized carbons (Fsp3) is 0. The molecule has 0 aliphatic rings. The van der Waals surface area contributed by atoms with Crippen LogP contribution < -0.4 is 5.59 Å². The van der Waals surface area contributed by atoms with Crippen molar-refractivity contribution in [3.63, 3.8) is 0 Å². The standard InChI is InChI=1S/C6H6BNO4/c9-6(10)4-2-1-3-8-5(4)7(11)12/h1-3,11-12H,(H,9,10). The number of carboxylic acid groups (broad SMARTS) is 1. The predicted octanol–water partition coefficient (Wildman–Crippen LogP) is -1.54. The normalized spacial score (nSPS) is 9.50. The van der Waals surface area contributed by atoms with Crippen molar-refractivity contribution in [1.82, 2.24) is 4.98 Å². The second kappa shape index (κ2) is 3.33. The molecular formula is C6H6BNO4. The monoisotopic (exact) mass is 167 g/mol. The molecule has 1 heterocycles. The van der Waals surface area contributed by atoms with E-state index in [0.29, 0.717) is 0 Å². The van der Waals surface area contributed by atoms with E-state index < -0.39 is 13.1 Å². The van der Waals surface area contributed by atoms with Crippen LogP contribution in [-0.4, -0.2) is 33.2 Å². The zero-order valence-electron chi connectivity index (χ0n) is 6.01. The Morgan fingerprint density at radius 2 is 2.17 bits per heavy atom. The maximum atomic E-state index is 10.5. The first kappa shape index (κ1) is 8.70. The van der Waals surface area contributed by atoms with Crippen molar-refractivity contribution in [3.8, 4) is 0 Å². The topological polar surface area (TPSA) is 90.7 Å². The Balaban J connectivity index is 3.17. The molecule has 0 unspecified atom stereocenters. The Bertz CT molecular complexity index is 301. The first-order valence-corrected chi connectivity index (χ1v) is 3.17. The summed E-state index contributed by atoms with van der Waals surface area (Å²) < 4.78 is 0. The molecule has 0 saturated heterocycles. The molecule has 0 aliphatic carbocycles. The maximum absolute atomic E-state index is 10.5. The first-order chi connectivity index (χ1) is 5.63. The number of carbonyl (C=O) groups is 1. The summed E-state index contributed by atoms with van der Waals surface area (Å²) in [6.07, 6.45) is 1.29. The van der Waals surface area contributed by atoms with Gasteiger partial charge in [-0.15, -0.1) is 0 Å². The lowest BCUT2D eigenvalue weighted by Gasteiger charge is -2.01. The van der Waals surface area contributed by atoms with Crippen molar-refractivity contribution >= 4 is 18.7 Å². The smallest absolute Gasteiger partial charge is 0.478 e. The highest BCUT2D eigenvalue weighted by molar-refractivity contribution is 6.59. The van der Waals surface area contributed by atoms with Crippen LogP contribution in [0, 0.1) is 0 Å². The fourth-order valence-electron chi connectivity index (χ4n) is 0.804. The van der Waals surface area contributed by atoms with Gasteiger partial charge in [-0.25, -0.2) is 4.79 Å². The average Bonchev–Trinajstić information content (AvgIpc) is 2.04. The Kier molecular flexibility index (Phi) is 2.42. The van der Waals surface area contributed by atoms with Gasteiger partial charge in [0.25, 0.3) is 0 Å². The zero-order valence-corrected chi connectivity index (χ0v) is 6.01. The maximum Gasteiger partial charge on any atom is 0.509 e. The van der Waals surface area contributed by atoms with E-state index in [9.17, 15) is 4.79 Å². The van der Waals surface area contributed by atoms with E-state index in [2.05, 4.69) is 4.98 Å². The number of aromatic carboxylic acids is 1. The Morgan fingerprint density at radius 3 is 2.58 bits per heavy atom. The molecule has 0 aromatic carbocycles. The van der Waals surface area contributed by atoms with E-state index in [-0.39, 0.29) is 11.2 Å². The molecule has 0 radical (unpaired) electrons. The summed E-state index contributed by atoms with van der Waals surface area (Å²) in [6.45, 7) is 0. The third-order valence-electron chi connectivity index (χ3n) is 1.31. The number of pyridine rings is 1. The summed E-state index contributed by atoms with van der Waals surface area (Å²) in [5, 5.41) is 25.9. The van der Waals surface area contributed by atoms with Gasteiger partial charge in [0.15, 0.2) is 0 Å². The largest absolute Gasteiger partial charge is 0.509 e. The van der Waals surface area contributed by atoms with E-state index >= 15 is 0 Å². The second-order valence-corrected chi connectivity index (χ2v) is 2.12. The van der Waals surface area contributed by atoms with Crippen molar-refractivity contribution in [1.29, 1.82) is 0 Å². The summed E-state index contributed by atoms with van der Waals surface area (Å²) >= 11 is 0. The second-order valence-electron chi connectivity index (χ2n) is 2.12. The van der Waals surface area contributed by atoms with E-state index in [0.717, 1.165) is 0 Å². The third kappa shape index (κ3) is 1.61. The Labute approximate surface area is 68.5 Å². The molecular weight excluding hydrogens is 161 g/mol. The van der Waals surface area contributed by atoms with Crippen LogP contribution in [0.5, 0.6) is 0 Å². The third-order valence-corrected chi connectivity index (χ3v) is 1.31. The van der Waals surface area contributed by atoms with Crippen LogP contribution in [-0.2, 0) is 0 Å². The minimum Gasteiger partial charge on any atom is -0.478 e. The van der Waals surface area contributed by atoms with Crippen molar-refractivity contribution < 1.29 is 19.9 Å². The zero-order chi connectivity index (χ0) is 9.14. The molecule has 1 rings (SSSR count). The summed E-state index contributed by atoms with van der Waals surface area (Å²) in [7, 11) is -1.85. The Morgan fingerprint density at radius 1 is 1.50 bits per heavy atom. The number of hydrogen-bond acceptors (Lipinski definition) is 4. The average molecular weight is 167 g/mol. The van der Waals surface area contributed by atoms with Crippen LogP contribution >= 0.6 is 0 Å². The van der Waals surface area contributed by atoms with Gasteiger partial charge in [0.05, 0.1) is 11.2 Å². The SMILES string of the molecule is O=C(O)c1cccnc1B(O)O. The molecule has 0 aliphatic heterocycles. The van der Waals surface area contributed by atoms with E-state index in [1.807, 2.05) is 0 Å². The molecule has 62 valence electrons. The number of carboxylic acids is 1. The molecule has 0 atom stereocenters. The van der Waals surface area contributed by atoms with Gasteiger partial charge in [0, 0.05) is 6.20 Å². The molecule has 0 spiro atoms. The summed E-state index contributed by atoms with van der Waals surface area (Å²) in [4.78, 5) is 14.0. The van der Waals surface area contributed by atoms with Gasteiger partial charge in [0.2, 0.25) is 0 Å². The minimum atomic E-state index is -1.85. The summed E-state index contributed by atoms with van der Waals surface area (Å²) in [5.41, 5.74) is -0.447. The number of rotatable bonds is 2. The van der Waals surface area contributed by atoms with E-state index in [4.69, 9.17) is 15.2 Å². The van der Waals surface area contributed by atoms with Crippen molar-refractivity contribution in [3.05, 3.63) is 23.9 Å². The quantitative estimate of drug-likeness (QED) is 0.464. The van der Waals surface area contributed by atoms with Gasteiger partial charge in [0.1, 0.15) is 0 Å². The highest BCUT2D eigenvalue weighted by Gasteiger charge is 2.20. The van der Waals surface area contributed by atoms with Crippen LogP contribution in [0.3, 0.4) is 0 Å². The Hall–Kier alpha value is -1.40. The fourth-order valence-corrected chi connectivity index (χ4v) is 0.804. The van der Waals surface area contributed by atoms with Crippen molar-refractivity contribution in [2.75, 3.05) is 0 Å². The lowest BCUT2D eigenvalue weighted by molar-refractivity contribution is 0.0697. The van der Waals surface area contributed by atoms with Gasteiger partial charge in [-0.3, -0.25) is 4.98 Å². The molecule has 1 aromatic rings. The minimum absolute atomic E-state index is 0.201. The molecule has 5 nitrogen and oxygen atoms in total. The lowest BCUT2D eigenvalue weighted by atomic mass is 9.82. The first-order valence-electron chi connectivity index (χ1n) is 3.17. The lowest BCUT2D eigenvalue weighted by Crippen LogP contribution is -2.37. The molecule has 0 saturated carbocycles. The highest BCUT2D eigenvalue weighted by Crippen LogP contribution is 1.93. The van der Waals surface area contributed by atoms with Gasteiger partial charge < -0.3 is 15.2 Å². The van der Waals surface area contributed by atoms with Gasteiger partial charge in [-0.1, -0.05) is 0 Å². The molecule has 0 amide bonds. The molecule has 0 bridgehead atoms. The molecule has 3 N–H and O–H groups in total. The molecule has 1 aromatic heterocycles. The van der Waals surface area contributed by atoms with Gasteiger partial charge >= 0.3 is 13.1 Å². The molecule has 6 heteroatoms. The summed E-state index contributed by atoms with van der Waals surface area (Å²) in [5.74, 6) is -1.23. The molecule has 0 fully saturated rings. The van der Waals surface area contributed by atoms with Crippen LogP contribution in [0.15, 0.2) is 18.3 Å². The van der Waals surface area contributed by atoms with E-state index in [1.54, 1.807) is 0 Å². The van der Waals surface area contributed by atoms with Gasteiger partial charge in [-0.2, -0.15) is 0 Å². The number of hydrogen-bond donors (Lipinski definition) is 3.